The number of nitrogens with zero attached hydrogens (tertiary/aromatic N) is 2. The summed E-state index contributed by atoms with van der Waals surface area (Å²) in [6.07, 6.45) is -4.03. The predicted molar refractivity (Wildman–Crippen MR) is 203 cm³/mol. The number of nitrogens with one attached hydrogen (secondary N) is 2. The van der Waals surface area contributed by atoms with Crippen molar-refractivity contribution in [1.82, 2.24) is 20.1 Å². The zero-order chi connectivity index (χ0) is 44.0. The largest absolute Gasteiger partial charge is 0.490 e. The van der Waals surface area contributed by atoms with Crippen LogP contribution in [0.25, 0.3) is 11.1 Å². The van der Waals surface area contributed by atoms with Gasteiger partial charge in [-0.1, -0.05) is 67.0 Å². The Labute approximate surface area is 338 Å². The van der Waals surface area contributed by atoms with Crippen molar-refractivity contribution in [1.29, 1.82) is 0 Å². The molecule has 3 atom stereocenters. The van der Waals surface area contributed by atoms with E-state index in [-0.39, 0.29) is 43.2 Å². The minimum atomic E-state index is -5.08. The minimum Gasteiger partial charge on any atom is -0.480 e. The van der Waals surface area contributed by atoms with Crippen LogP contribution >= 0.6 is 15.9 Å². The third-order valence-electron chi connectivity index (χ3n) is 8.42. The zero-order valence-corrected chi connectivity index (χ0v) is 33.3. The highest BCUT2D eigenvalue weighted by atomic mass is 79.9. The summed E-state index contributed by atoms with van der Waals surface area (Å²) in [4.78, 5) is 72.1. The summed E-state index contributed by atoms with van der Waals surface area (Å²) in [6.45, 7) is 4.62. The fraction of sp³-hybridized carbons (Fsp3) is 0.421. The molecule has 58 heavy (non-hydrogen) atoms. The van der Waals surface area contributed by atoms with E-state index in [0.29, 0.717) is 17.8 Å². The van der Waals surface area contributed by atoms with Gasteiger partial charge in [-0.15, -0.1) is 0 Å². The lowest BCUT2D eigenvalue weighted by atomic mass is 9.82. The Balaban J connectivity index is 0.00000151. The van der Waals surface area contributed by atoms with Crippen LogP contribution in [0.2, 0.25) is 0 Å². The number of carboxylic acid groups (broad SMARTS) is 2. The number of amides is 3. The normalized spacial score (nSPS) is 12.9. The topological polar surface area (TPSA) is 221 Å². The number of benzene rings is 2. The third-order valence-corrected chi connectivity index (χ3v) is 8.93. The predicted octanol–water partition coefficient (Wildman–Crippen LogP) is 4.17. The number of hydrogen-bond donors (Lipinski definition) is 6. The molecule has 3 rings (SSSR count). The van der Waals surface area contributed by atoms with Gasteiger partial charge in [-0.25, -0.2) is 18.4 Å². The van der Waals surface area contributed by atoms with Crippen molar-refractivity contribution in [3.8, 4) is 11.1 Å². The Hall–Kier alpha value is -5.21. The van der Waals surface area contributed by atoms with Crippen molar-refractivity contribution >= 4 is 51.4 Å². The van der Waals surface area contributed by atoms with E-state index >= 15 is 0 Å². The number of carbonyl (C=O) groups excluding carboxylic acids is 4. The van der Waals surface area contributed by atoms with Crippen LogP contribution in [0.5, 0.6) is 0 Å². The summed E-state index contributed by atoms with van der Waals surface area (Å²) >= 11 is 2.96. The number of ketones is 1. The molecule has 3 amide bonds. The first-order valence-electron chi connectivity index (χ1n) is 17.5. The molecule has 0 saturated carbocycles. The Bertz CT molecular complexity index is 1900. The molecule has 0 fully saturated rings. The second-order valence-corrected chi connectivity index (χ2v) is 14.6. The van der Waals surface area contributed by atoms with Gasteiger partial charge in [0.2, 0.25) is 17.7 Å². The highest BCUT2D eigenvalue weighted by Gasteiger charge is 2.39. The van der Waals surface area contributed by atoms with Crippen LogP contribution in [0.1, 0.15) is 57.3 Å². The van der Waals surface area contributed by atoms with E-state index in [4.69, 9.17) is 15.6 Å². The zero-order valence-electron chi connectivity index (χ0n) is 31.7. The number of aromatic nitrogens is 1. The van der Waals surface area contributed by atoms with Gasteiger partial charge in [-0.2, -0.15) is 13.2 Å². The molecule has 1 aromatic heterocycles. The summed E-state index contributed by atoms with van der Waals surface area (Å²) in [6, 6.07) is 10.7. The molecule has 1 heterocycles. The Morgan fingerprint density at radius 1 is 0.948 bits per heavy atom. The number of aliphatic hydroxyl groups excluding tert-OH is 1. The maximum absolute atomic E-state index is 15.0. The number of halogens is 6. The average Bonchev–Trinajstić information content (AvgIpc) is 3.55. The van der Waals surface area contributed by atoms with E-state index in [1.165, 1.54) is 4.90 Å². The van der Waals surface area contributed by atoms with Crippen LogP contribution in [-0.4, -0.2) is 104 Å². The Kier molecular flexibility index (Phi) is 18.6. The van der Waals surface area contributed by atoms with Gasteiger partial charge in [0, 0.05) is 42.5 Å². The number of aliphatic carboxylic acids is 2. The smallest absolute Gasteiger partial charge is 0.480 e. The number of rotatable bonds is 18. The molecule has 20 heteroatoms. The van der Waals surface area contributed by atoms with Gasteiger partial charge in [-0.05, 0) is 48.1 Å². The molecule has 0 bridgehead atoms. The van der Waals surface area contributed by atoms with E-state index in [0.717, 1.165) is 23.8 Å². The highest BCUT2D eigenvalue weighted by molar-refractivity contribution is 9.09. The molecule has 2 aromatic carbocycles. The van der Waals surface area contributed by atoms with E-state index < -0.39 is 83.4 Å². The van der Waals surface area contributed by atoms with Crippen LogP contribution in [0, 0.1) is 17.0 Å². The van der Waals surface area contributed by atoms with Crippen molar-refractivity contribution in [3.63, 3.8) is 0 Å². The molecule has 0 aliphatic rings. The van der Waals surface area contributed by atoms with Crippen molar-refractivity contribution < 1.29 is 66.0 Å². The fourth-order valence-electron chi connectivity index (χ4n) is 5.68. The van der Waals surface area contributed by atoms with Crippen LogP contribution in [0.15, 0.2) is 60.8 Å². The summed E-state index contributed by atoms with van der Waals surface area (Å²) in [7, 11) is 0. The molecule has 0 spiro atoms. The van der Waals surface area contributed by atoms with E-state index in [1.54, 1.807) is 12.3 Å². The molecule has 0 radical (unpaired) electrons. The van der Waals surface area contributed by atoms with Crippen LogP contribution in [0.3, 0.4) is 0 Å². The molecule has 0 unspecified atom stereocenters. The Morgan fingerprint density at radius 2 is 1.57 bits per heavy atom. The molecular weight excluding hydrogens is 845 g/mol. The van der Waals surface area contributed by atoms with Crippen molar-refractivity contribution in [2.75, 3.05) is 25.0 Å². The number of aliphatic hydroxyl groups is 1. The molecule has 318 valence electrons. The maximum Gasteiger partial charge on any atom is 0.490 e. The van der Waals surface area contributed by atoms with Gasteiger partial charge in [0.1, 0.15) is 24.3 Å². The second-order valence-electron chi connectivity index (χ2n) is 14.0. The first-order chi connectivity index (χ1) is 27.0. The van der Waals surface area contributed by atoms with Crippen molar-refractivity contribution in [2.24, 2.45) is 11.1 Å². The van der Waals surface area contributed by atoms with Gasteiger partial charge >= 0.3 is 18.1 Å². The Morgan fingerprint density at radius 3 is 2.10 bits per heavy atom. The molecule has 0 aliphatic carbocycles. The number of Topliss-reactive ketones (excluding diaryl/α,β-unsaturated/α-hetero) is 1. The lowest BCUT2D eigenvalue weighted by molar-refractivity contribution is -0.192. The van der Waals surface area contributed by atoms with E-state index in [2.05, 4.69) is 26.6 Å². The van der Waals surface area contributed by atoms with Crippen LogP contribution in [0.4, 0.5) is 22.0 Å². The van der Waals surface area contributed by atoms with Crippen LogP contribution < -0.4 is 16.4 Å². The van der Waals surface area contributed by atoms with E-state index in [1.807, 2.05) is 55.7 Å². The minimum absolute atomic E-state index is 0.000169. The maximum atomic E-state index is 15.0. The standard InChI is InChI=1S/C36H44BrF2N5O7.C2HF3O2/c1-36(2,3)33(30-15-23(26-16-24(38)9-11-27(26)39)20-43(30)19-22-7-5-4-6-8-22)44(32(48)21-45)14-13-28(40)34(49)42-29(35(50)51)12-10-25(46)18-41-31(47)17-37;3-2(4,5)1(6)7/h4-9,11,15-16,20,28-29,33,45H,10,12-14,17-19,21,40H2,1-3H3,(H,41,47)(H,42,49)(H,50,51);(H,6,7)/t28-,29+,33-;/m0./s1. The number of nitrogens with two attached hydrogens (primary N) is 1. The lowest BCUT2D eigenvalue weighted by Crippen LogP contribution is -2.50. The molecule has 0 saturated heterocycles. The van der Waals surface area contributed by atoms with Crippen LogP contribution in [-0.2, 0) is 35.3 Å². The average molecular weight is 891 g/mol. The highest BCUT2D eigenvalue weighted by Crippen LogP contribution is 2.41. The van der Waals surface area contributed by atoms with Gasteiger partial charge < -0.3 is 41.2 Å². The summed E-state index contributed by atoms with van der Waals surface area (Å²) in [5, 5.41) is 31.5. The first-order valence-corrected chi connectivity index (χ1v) is 18.6. The molecule has 0 aliphatic heterocycles. The summed E-state index contributed by atoms with van der Waals surface area (Å²) in [5.41, 5.74) is 7.31. The SMILES string of the molecule is CC(C)(C)[C@H](c1cc(-c2cc(F)ccc2F)cn1Cc1ccccc1)N(CC[C@H](N)C(=O)N[C@H](CCC(=O)CNC(=O)CBr)C(=O)O)C(=O)CO.O=C(O)C(F)(F)F. The molecule has 3 aromatic rings. The number of carbonyl (C=O) groups is 6. The van der Waals surface area contributed by atoms with Crippen molar-refractivity contribution in [3.05, 3.63) is 83.7 Å². The number of hydrogen-bond acceptors (Lipinski definition) is 8. The van der Waals surface area contributed by atoms with E-state index in [9.17, 15) is 56.1 Å². The lowest BCUT2D eigenvalue weighted by Gasteiger charge is -2.41. The number of carboxylic acids is 2. The van der Waals surface area contributed by atoms with Gasteiger partial charge in [-0.3, -0.25) is 19.2 Å². The van der Waals surface area contributed by atoms with Gasteiger partial charge in [0.25, 0.3) is 0 Å². The monoisotopic (exact) mass is 889 g/mol. The molecule has 14 nitrogen and oxygen atoms in total. The number of alkyl halides is 4. The molecule has 7 N–H and O–H groups in total. The fourth-order valence-corrected chi connectivity index (χ4v) is 5.88. The summed E-state index contributed by atoms with van der Waals surface area (Å²) in [5.74, 6) is -7.76. The van der Waals surface area contributed by atoms with Gasteiger partial charge in [0.05, 0.1) is 24.0 Å². The summed E-state index contributed by atoms with van der Waals surface area (Å²) < 4.78 is 62.8. The van der Waals surface area contributed by atoms with Crippen molar-refractivity contribution in [2.45, 2.75) is 70.9 Å². The second kappa shape index (κ2) is 22.1. The first kappa shape index (κ1) is 48.9. The van der Waals surface area contributed by atoms with Gasteiger partial charge in [0.15, 0.2) is 5.78 Å². The third kappa shape index (κ3) is 15.3. The molecular formula is C38H45BrF5N5O9. The quantitative estimate of drug-likeness (QED) is 0.0791.